The number of carbonyl (C=O) groups is 1. The van der Waals surface area contributed by atoms with E-state index in [1.807, 2.05) is 54.6 Å². The molecule has 3 heteroatoms. The molecule has 0 heterocycles. The number of ether oxygens (including phenoxy) is 1. The van der Waals surface area contributed by atoms with Crippen LogP contribution in [0.3, 0.4) is 0 Å². The predicted molar refractivity (Wildman–Crippen MR) is 182 cm³/mol. The predicted octanol–water partition coefficient (Wildman–Crippen LogP) is 11.2. The smallest absolute Gasteiger partial charge is 0.193 e. The van der Waals surface area contributed by atoms with E-state index in [9.17, 15) is 4.79 Å². The van der Waals surface area contributed by atoms with E-state index < -0.39 is 0 Å². The van der Waals surface area contributed by atoms with Crippen LogP contribution in [0, 0.1) is 0 Å². The lowest BCUT2D eigenvalue weighted by atomic mass is 10.0. The van der Waals surface area contributed by atoms with Crippen LogP contribution in [0.25, 0.3) is 0 Å². The van der Waals surface area contributed by atoms with Gasteiger partial charge in [-0.2, -0.15) is 0 Å². The molecule has 0 saturated heterocycles. The summed E-state index contributed by atoms with van der Waals surface area (Å²) in [5.41, 5.74) is 1.42. The maximum absolute atomic E-state index is 12.5. The number of benzene rings is 2. The van der Waals surface area contributed by atoms with E-state index in [1.54, 1.807) is 0 Å². The van der Waals surface area contributed by atoms with E-state index in [0.29, 0.717) is 5.56 Å². The second-order valence-corrected chi connectivity index (χ2v) is 13.2. The van der Waals surface area contributed by atoms with Gasteiger partial charge in [0.2, 0.25) is 0 Å². The van der Waals surface area contributed by atoms with E-state index in [2.05, 4.69) is 21.0 Å². The van der Waals surface area contributed by atoms with E-state index in [4.69, 9.17) is 4.74 Å². The summed E-state index contributed by atoms with van der Waals surface area (Å²) in [6, 6.07) is 17.0. The number of unbranched alkanes of at least 4 members (excludes halogenated alkanes) is 18. The molecule has 0 aromatic heterocycles. The average Bonchev–Trinajstić information content (AvgIpc) is 3.00. The minimum absolute atomic E-state index is 0.0540. The molecule has 2 aromatic carbocycles. The van der Waals surface area contributed by atoms with Crippen molar-refractivity contribution in [1.29, 1.82) is 0 Å². The number of nitrogens with zero attached hydrogens (tertiary/aromatic N) is 1. The first-order chi connectivity index (χ1) is 20.5. The largest absolute Gasteiger partial charge is 0.494 e. The van der Waals surface area contributed by atoms with E-state index in [0.717, 1.165) is 28.8 Å². The zero-order chi connectivity index (χ0) is 30.1. The monoisotopic (exact) mass is 578 g/mol. The van der Waals surface area contributed by atoms with Crippen molar-refractivity contribution in [2.75, 3.05) is 33.8 Å². The topological polar surface area (TPSA) is 26.3 Å². The first kappa shape index (κ1) is 36.1. The molecule has 0 aliphatic rings. The maximum Gasteiger partial charge on any atom is 0.193 e. The Kier molecular flexibility index (Phi) is 20.0. The third-order valence-electron chi connectivity index (χ3n) is 8.70. The summed E-state index contributed by atoms with van der Waals surface area (Å²) >= 11 is 0. The summed E-state index contributed by atoms with van der Waals surface area (Å²) in [5, 5.41) is 0. The third-order valence-corrected chi connectivity index (χ3v) is 8.70. The molecule has 0 atom stereocenters. The Morgan fingerprint density at radius 1 is 0.524 bits per heavy atom. The molecule has 3 nitrogen and oxygen atoms in total. The van der Waals surface area contributed by atoms with E-state index in [-0.39, 0.29) is 5.78 Å². The number of ketones is 1. The summed E-state index contributed by atoms with van der Waals surface area (Å²) < 4.78 is 7.07. The van der Waals surface area contributed by atoms with Crippen molar-refractivity contribution >= 4 is 5.78 Å². The van der Waals surface area contributed by atoms with Gasteiger partial charge in [0.25, 0.3) is 0 Å². The summed E-state index contributed by atoms with van der Waals surface area (Å²) in [4.78, 5) is 12.5. The van der Waals surface area contributed by atoms with Gasteiger partial charge in [-0.15, -0.1) is 0 Å². The number of hydrogen-bond acceptors (Lipinski definition) is 2. The van der Waals surface area contributed by atoms with Gasteiger partial charge in [0.05, 0.1) is 33.8 Å². The Labute approximate surface area is 260 Å². The van der Waals surface area contributed by atoms with Crippen molar-refractivity contribution in [2.45, 2.75) is 135 Å². The minimum Gasteiger partial charge on any atom is -0.494 e. The molecule has 0 saturated carbocycles. The Balaban J connectivity index is 1.37. The molecule has 0 bridgehead atoms. The van der Waals surface area contributed by atoms with Crippen molar-refractivity contribution < 1.29 is 14.0 Å². The fraction of sp³-hybridized carbons (Fsp3) is 0.667. The van der Waals surface area contributed by atoms with Crippen molar-refractivity contribution in [2.24, 2.45) is 0 Å². The minimum atomic E-state index is 0.0540. The molecule has 2 rings (SSSR count). The fourth-order valence-corrected chi connectivity index (χ4v) is 5.84. The number of quaternary nitrogens is 1. The molecule has 0 aliphatic carbocycles. The lowest BCUT2D eigenvalue weighted by Gasteiger charge is -2.30. The SMILES string of the molecule is CCCCCCCCCCCCCCCCCC[N+](C)(C)CCCCCCOc1ccc(C(=O)c2ccccc2)cc1. The van der Waals surface area contributed by atoms with Gasteiger partial charge in [-0.3, -0.25) is 4.79 Å². The highest BCUT2D eigenvalue weighted by Crippen LogP contribution is 2.17. The third kappa shape index (κ3) is 17.7. The molecule has 0 aliphatic heterocycles. The van der Waals surface area contributed by atoms with Crippen LogP contribution in [0.1, 0.15) is 151 Å². The molecule has 0 fully saturated rings. The second kappa shape index (κ2) is 23.3. The number of carbonyl (C=O) groups excluding carboxylic acids is 1. The number of hydrogen-bond donors (Lipinski definition) is 0. The van der Waals surface area contributed by atoms with Crippen LogP contribution in [0.5, 0.6) is 5.75 Å². The van der Waals surface area contributed by atoms with Gasteiger partial charge in [-0.1, -0.05) is 127 Å². The Morgan fingerprint density at radius 3 is 1.40 bits per heavy atom. The zero-order valence-electron chi connectivity index (χ0n) is 27.7. The van der Waals surface area contributed by atoms with Crippen LogP contribution >= 0.6 is 0 Å². The van der Waals surface area contributed by atoms with E-state index in [1.165, 1.54) is 135 Å². The molecule has 0 amide bonds. The molecule has 0 N–H and O–H groups in total. The summed E-state index contributed by atoms with van der Waals surface area (Å²) in [5.74, 6) is 0.898. The molecule has 2 aromatic rings. The average molecular weight is 579 g/mol. The fourth-order valence-electron chi connectivity index (χ4n) is 5.84. The van der Waals surface area contributed by atoms with Crippen LogP contribution in [0.15, 0.2) is 54.6 Å². The second-order valence-electron chi connectivity index (χ2n) is 13.2. The van der Waals surface area contributed by atoms with Gasteiger partial charge < -0.3 is 9.22 Å². The Hall–Kier alpha value is -2.13. The standard InChI is InChI=1S/C39H64NO2/c1-4-5-6-7-8-9-10-11-12-13-14-15-16-17-18-24-33-40(2,3)34-25-19-20-26-35-42-38-31-29-37(30-32-38)39(41)36-27-22-21-23-28-36/h21-23,27-32H,4-20,24-26,33-35H2,1-3H3/q+1. The van der Waals surface area contributed by atoms with Gasteiger partial charge in [0.15, 0.2) is 5.78 Å². The molecule has 0 unspecified atom stereocenters. The Bertz CT molecular complexity index is 906. The first-order valence-corrected chi connectivity index (χ1v) is 17.7. The maximum atomic E-state index is 12.5. The molecule has 42 heavy (non-hydrogen) atoms. The molecular weight excluding hydrogens is 514 g/mol. The van der Waals surface area contributed by atoms with Gasteiger partial charge >= 0.3 is 0 Å². The van der Waals surface area contributed by atoms with Crippen LogP contribution in [0.2, 0.25) is 0 Å². The Morgan fingerprint density at radius 2 is 0.929 bits per heavy atom. The van der Waals surface area contributed by atoms with Crippen LogP contribution < -0.4 is 4.74 Å². The highest BCUT2D eigenvalue weighted by molar-refractivity contribution is 6.08. The van der Waals surface area contributed by atoms with Crippen LogP contribution in [-0.2, 0) is 0 Å². The first-order valence-electron chi connectivity index (χ1n) is 17.7. The molecular formula is C39H64NO2+. The normalized spacial score (nSPS) is 11.6. The number of rotatable bonds is 27. The van der Waals surface area contributed by atoms with Crippen molar-refractivity contribution in [1.82, 2.24) is 0 Å². The van der Waals surface area contributed by atoms with Gasteiger partial charge in [0.1, 0.15) is 5.75 Å². The van der Waals surface area contributed by atoms with Gasteiger partial charge in [-0.05, 0) is 62.8 Å². The lowest BCUT2D eigenvalue weighted by molar-refractivity contribution is -0.890. The highest BCUT2D eigenvalue weighted by Gasteiger charge is 2.13. The lowest BCUT2D eigenvalue weighted by Crippen LogP contribution is -2.41. The molecule has 0 radical (unpaired) electrons. The summed E-state index contributed by atoms with van der Waals surface area (Å²) in [6.45, 7) is 5.62. The van der Waals surface area contributed by atoms with Crippen LogP contribution in [-0.4, -0.2) is 44.1 Å². The summed E-state index contributed by atoms with van der Waals surface area (Å²) in [6.07, 6.45) is 27.8. The van der Waals surface area contributed by atoms with Crippen molar-refractivity contribution in [3.05, 3.63) is 65.7 Å². The van der Waals surface area contributed by atoms with Gasteiger partial charge in [-0.25, -0.2) is 0 Å². The van der Waals surface area contributed by atoms with Gasteiger partial charge in [0, 0.05) is 11.1 Å². The molecule has 0 spiro atoms. The van der Waals surface area contributed by atoms with E-state index >= 15 is 0 Å². The highest BCUT2D eigenvalue weighted by atomic mass is 16.5. The quantitative estimate of drug-likeness (QED) is 0.0598. The summed E-state index contributed by atoms with van der Waals surface area (Å²) in [7, 11) is 4.81. The van der Waals surface area contributed by atoms with Crippen LogP contribution in [0.4, 0.5) is 0 Å². The zero-order valence-corrected chi connectivity index (χ0v) is 27.7. The van der Waals surface area contributed by atoms with Crippen molar-refractivity contribution in [3.8, 4) is 5.75 Å². The van der Waals surface area contributed by atoms with Crippen molar-refractivity contribution in [3.63, 3.8) is 0 Å². The molecule has 236 valence electrons.